The van der Waals surface area contributed by atoms with Crippen molar-refractivity contribution in [2.75, 3.05) is 0 Å². The number of rotatable bonds is 2. The summed E-state index contributed by atoms with van der Waals surface area (Å²) in [7, 11) is -1.18. The van der Waals surface area contributed by atoms with Gasteiger partial charge in [-0.05, 0) is 37.6 Å². The largest absolute Gasteiger partial charge is 0.247 e. The highest BCUT2D eigenvalue weighted by atomic mass is 32.2. The lowest BCUT2D eigenvalue weighted by Gasteiger charge is -2.04. The Balaban J connectivity index is 2.40. The summed E-state index contributed by atoms with van der Waals surface area (Å²) in [6.45, 7) is 3.94. The minimum atomic E-state index is -1.18. The van der Waals surface area contributed by atoms with Crippen LogP contribution in [0.15, 0.2) is 52.5 Å². The molecule has 0 radical (unpaired) electrons. The Labute approximate surface area is 97.8 Å². The standard InChI is InChI=1S/C13H13NOS/c1-10-5-7-12(8-6-10)16(15)13-11(2)4-3-9-14-13/h3-9H,1-2H3. The second-order valence-electron chi connectivity index (χ2n) is 3.71. The van der Waals surface area contributed by atoms with E-state index in [2.05, 4.69) is 4.98 Å². The quantitative estimate of drug-likeness (QED) is 0.795. The van der Waals surface area contributed by atoms with Crippen LogP contribution >= 0.6 is 0 Å². The van der Waals surface area contributed by atoms with E-state index in [4.69, 9.17) is 0 Å². The van der Waals surface area contributed by atoms with Crippen LogP contribution in [0.25, 0.3) is 0 Å². The maximum atomic E-state index is 12.2. The fourth-order valence-electron chi connectivity index (χ4n) is 1.44. The van der Waals surface area contributed by atoms with E-state index in [0.29, 0.717) is 5.03 Å². The van der Waals surface area contributed by atoms with Gasteiger partial charge in [0.25, 0.3) is 0 Å². The number of hydrogen-bond donors (Lipinski definition) is 0. The SMILES string of the molecule is Cc1ccc(S(=O)c2ncccc2C)cc1. The normalized spacial score (nSPS) is 12.4. The van der Waals surface area contributed by atoms with E-state index >= 15 is 0 Å². The van der Waals surface area contributed by atoms with Crippen molar-refractivity contribution in [3.05, 3.63) is 53.7 Å². The highest BCUT2D eigenvalue weighted by Gasteiger charge is 2.10. The van der Waals surface area contributed by atoms with E-state index < -0.39 is 10.8 Å². The molecule has 0 saturated heterocycles. The maximum Gasteiger partial charge on any atom is 0.135 e. The molecule has 2 nitrogen and oxygen atoms in total. The molecule has 3 heteroatoms. The van der Waals surface area contributed by atoms with Crippen molar-refractivity contribution >= 4 is 10.8 Å². The third-order valence-corrected chi connectivity index (χ3v) is 3.85. The fraction of sp³-hybridized carbons (Fsp3) is 0.154. The van der Waals surface area contributed by atoms with Crippen molar-refractivity contribution in [3.8, 4) is 0 Å². The Bertz CT molecular complexity index is 520. The van der Waals surface area contributed by atoms with Gasteiger partial charge < -0.3 is 0 Å². The van der Waals surface area contributed by atoms with Gasteiger partial charge in [0.05, 0.1) is 0 Å². The van der Waals surface area contributed by atoms with Gasteiger partial charge in [0.15, 0.2) is 0 Å². The molecule has 1 aromatic heterocycles. The summed E-state index contributed by atoms with van der Waals surface area (Å²) in [5.74, 6) is 0. The number of nitrogens with zero attached hydrogens (tertiary/aromatic N) is 1. The van der Waals surface area contributed by atoms with Crippen molar-refractivity contribution in [1.29, 1.82) is 0 Å². The lowest BCUT2D eigenvalue weighted by atomic mass is 10.2. The molecule has 1 atom stereocenters. The summed E-state index contributed by atoms with van der Waals surface area (Å²) >= 11 is 0. The van der Waals surface area contributed by atoms with Crippen molar-refractivity contribution in [2.24, 2.45) is 0 Å². The smallest absolute Gasteiger partial charge is 0.135 e. The van der Waals surface area contributed by atoms with Crippen LogP contribution in [0.5, 0.6) is 0 Å². The maximum absolute atomic E-state index is 12.2. The molecule has 0 aliphatic rings. The Morgan fingerprint density at radius 3 is 2.38 bits per heavy atom. The van der Waals surface area contributed by atoms with E-state index in [1.165, 1.54) is 5.56 Å². The summed E-state index contributed by atoms with van der Waals surface area (Å²) in [4.78, 5) is 4.98. The van der Waals surface area contributed by atoms with Crippen molar-refractivity contribution in [2.45, 2.75) is 23.8 Å². The van der Waals surface area contributed by atoms with Crippen LogP contribution in [0.4, 0.5) is 0 Å². The van der Waals surface area contributed by atoms with Gasteiger partial charge in [0, 0.05) is 11.1 Å². The van der Waals surface area contributed by atoms with Crippen LogP contribution in [0.1, 0.15) is 11.1 Å². The predicted molar refractivity (Wildman–Crippen MR) is 64.8 cm³/mol. The second-order valence-corrected chi connectivity index (χ2v) is 5.10. The second kappa shape index (κ2) is 4.58. The number of aryl methyl sites for hydroxylation is 2. The van der Waals surface area contributed by atoms with Gasteiger partial charge in [0.2, 0.25) is 0 Å². The third kappa shape index (κ3) is 2.19. The topological polar surface area (TPSA) is 30.0 Å². The van der Waals surface area contributed by atoms with Crippen LogP contribution in [0, 0.1) is 13.8 Å². The highest BCUT2D eigenvalue weighted by molar-refractivity contribution is 7.85. The number of benzene rings is 1. The van der Waals surface area contributed by atoms with Crippen LogP contribution in [0.2, 0.25) is 0 Å². The van der Waals surface area contributed by atoms with Crippen LogP contribution in [0.3, 0.4) is 0 Å². The van der Waals surface area contributed by atoms with Gasteiger partial charge in [-0.3, -0.25) is 0 Å². The summed E-state index contributed by atoms with van der Waals surface area (Å²) in [5, 5.41) is 0.645. The molecule has 0 spiro atoms. The van der Waals surface area contributed by atoms with E-state index in [1.54, 1.807) is 6.20 Å². The molecule has 1 unspecified atom stereocenters. The average molecular weight is 231 g/mol. The lowest BCUT2D eigenvalue weighted by molar-refractivity contribution is 0.679. The van der Waals surface area contributed by atoms with Crippen LogP contribution in [-0.4, -0.2) is 9.19 Å². The molecule has 0 bridgehead atoms. The summed E-state index contributed by atoms with van der Waals surface area (Å²) in [5.41, 5.74) is 2.12. The molecule has 1 heterocycles. The Morgan fingerprint density at radius 2 is 1.75 bits per heavy atom. The molecule has 2 rings (SSSR count). The van der Waals surface area contributed by atoms with Crippen LogP contribution in [-0.2, 0) is 10.8 Å². The predicted octanol–water partition coefficient (Wildman–Crippen LogP) is 2.87. The first-order valence-electron chi connectivity index (χ1n) is 5.08. The Kier molecular flexibility index (Phi) is 3.15. The fourth-order valence-corrected chi connectivity index (χ4v) is 2.56. The summed E-state index contributed by atoms with van der Waals surface area (Å²) in [6, 6.07) is 11.5. The van der Waals surface area contributed by atoms with Crippen molar-refractivity contribution in [3.63, 3.8) is 0 Å². The first-order chi connectivity index (χ1) is 7.68. The number of pyridine rings is 1. The number of hydrogen-bond acceptors (Lipinski definition) is 2. The van der Waals surface area contributed by atoms with Gasteiger partial charge in [-0.25, -0.2) is 9.19 Å². The van der Waals surface area contributed by atoms with Gasteiger partial charge in [0.1, 0.15) is 15.8 Å². The van der Waals surface area contributed by atoms with Gasteiger partial charge in [-0.15, -0.1) is 0 Å². The van der Waals surface area contributed by atoms with Gasteiger partial charge >= 0.3 is 0 Å². The zero-order chi connectivity index (χ0) is 11.5. The lowest BCUT2D eigenvalue weighted by Crippen LogP contribution is -1.98. The van der Waals surface area contributed by atoms with Crippen molar-refractivity contribution in [1.82, 2.24) is 4.98 Å². The highest BCUT2D eigenvalue weighted by Crippen LogP contribution is 2.17. The molecular formula is C13H13NOS. The van der Waals surface area contributed by atoms with E-state index in [1.807, 2.05) is 50.2 Å². The zero-order valence-corrected chi connectivity index (χ0v) is 10.1. The minimum Gasteiger partial charge on any atom is -0.247 e. The summed E-state index contributed by atoms with van der Waals surface area (Å²) < 4.78 is 12.2. The van der Waals surface area contributed by atoms with E-state index in [-0.39, 0.29) is 0 Å². The molecule has 0 amide bonds. The Morgan fingerprint density at radius 1 is 1.06 bits per heavy atom. The molecular weight excluding hydrogens is 218 g/mol. The van der Waals surface area contributed by atoms with Crippen LogP contribution < -0.4 is 0 Å². The molecule has 0 aliphatic carbocycles. The molecule has 16 heavy (non-hydrogen) atoms. The third-order valence-electron chi connectivity index (χ3n) is 2.37. The average Bonchev–Trinajstić information content (AvgIpc) is 2.30. The summed E-state index contributed by atoms with van der Waals surface area (Å²) in [6.07, 6.45) is 1.68. The van der Waals surface area contributed by atoms with Gasteiger partial charge in [-0.1, -0.05) is 23.8 Å². The molecule has 2 aromatic rings. The molecule has 0 N–H and O–H groups in total. The molecule has 82 valence electrons. The van der Waals surface area contributed by atoms with E-state index in [9.17, 15) is 4.21 Å². The minimum absolute atomic E-state index is 0.645. The first kappa shape index (κ1) is 11.0. The molecule has 0 saturated carbocycles. The van der Waals surface area contributed by atoms with Crippen molar-refractivity contribution < 1.29 is 4.21 Å². The molecule has 0 fully saturated rings. The first-order valence-corrected chi connectivity index (χ1v) is 6.23. The monoisotopic (exact) mass is 231 g/mol. The zero-order valence-electron chi connectivity index (χ0n) is 9.31. The molecule has 0 aliphatic heterocycles. The number of aromatic nitrogens is 1. The van der Waals surface area contributed by atoms with E-state index in [0.717, 1.165) is 10.5 Å². The van der Waals surface area contributed by atoms with Gasteiger partial charge in [-0.2, -0.15) is 0 Å². The molecule has 1 aromatic carbocycles. The Hall–Kier alpha value is -1.48.